The number of rotatable bonds is 3. The molecular weight excluding hydrogens is 284 g/mol. The lowest BCUT2D eigenvalue weighted by atomic mass is 9.96. The van der Waals surface area contributed by atoms with Crippen LogP contribution in [0.2, 0.25) is 0 Å². The topological polar surface area (TPSA) is 38.0 Å². The highest BCUT2D eigenvalue weighted by Crippen LogP contribution is 2.37. The van der Waals surface area contributed by atoms with Crippen LogP contribution in [0.5, 0.6) is 5.88 Å². The summed E-state index contributed by atoms with van der Waals surface area (Å²) in [4.78, 5) is 0. The highest BCUT2D eigenvalue weighted by molar-refractivity contribution is 5.70. The summed E-state index contributed by atoms with van der Waals surface area (Å²) in [6.45, 7) is 8.28. The van der Waals surface area contributed by atoms with Crippen LogP contribution in [0, 0.1) is 13.8 Å². The first-order chi connectivity index (χ1) is 11.0. The molecule has 3 aromatic rings. The average molecular weight is 306 g/mol. The monoisotopic (exact) mass is 306 g/mol. The molecule has 0 radical (unpaired) electrons. The molecule has 0 amide bonds. The van der Waals surface area contributed by atoms with Gasteiger partial charge in [-0.3, -0.25) is 0 Å². The molecule has 0 unspecified atom stereocenters. The van der Waals surface area contributed by atoms with Crippen molar-refractivity contribution in [3.05, 3.63) is 65.2 Å². The van der Waals surface area contributed by atoms with Gasteiger partial charge in [0, 0.05) is 11.1 Å². The minimum atomic E-state index is 0.184. The summed E-state index contributed by atoms with van der Waals surface area (Å²) < 4.78 is 1.64. The third-order valence-electron chi connectivity index (χ3n) is 4.15. The number of aromatic hydroxyl groups is 1. The first-order valence-corrected chi connectivity index (χ1v) is 7.94. The Morgan fingerprint density at radius 2 is 1.61 bits per heavy atom. The second kappa shape index (κ2) is 5.92. The molecule has 23 heavy (non-hydrogen) atoms. The predicted molar refractivity (Wildman–Crippen MR) is 94.2 cm³/mol. The van der Waals surface area contributed by atoms with E-state index in [9.17, 15) is 5.11 Å². The molecule has 3 rings (SSSR count). The van der Waals surface area contributed by atoms with E-state index in [1.807, 2.05) is 43.3 Å². The summed E-state index contributed by atoms with van der Waals surface area (Å²) in [5.74, 6) is 0.408. The van der Waals surface area contributed by atoms with Crippen molar-refractivity contribution in [1.29, 1.82) is 0 Å². The lowest BCUT2D eigenvalue weighted by Gasteiger charge is -2.08. The van der Waals surface area contributed by atoms with Gasteiger partial charge in [-0.1, -0.05) is 55.8 Å². The molecule has 0 atom stereocenters. The van der Waals surface area contributed by atoms with Gasteiger partial charge < -0.3 is 5.11 Å². The van der Waals surface area contributed by atoms with Crippen molar-refractivity contribution in [2.24, 2.45) is 0 Å². The van der Waals surface area contributed by atoms with Crippen LogP contribution in [0.3, 0.4) is 0 Å². The van der Waals surface area contributed by atoms with Crippen LogP contribution in [-0.4, -0.2) is 14.9 Å². The van der Waals surface area contributed by atoms with Crippen molar-refractivity contribution >= 4 is 0 Å². The number of nitrogens with zero attached hydrogens (tertiary/aromatic N) is 2. The normalized spacial score (nSPS) is 11.2. The minimum Gasteiger partial charge on any atom is -0.493 e. The fourth-order valence-corrected chi connectivity index (χ4v) is 2.86. The molecule has 0 spiro atoms. The third-order valence-corrected chi connectivity index (χ3v) is 4.15. The molecule has 0 aliphatic heterocycles. The number of aromatic nitrogens is 2. The predicted octanol–water partition coefficient (Wildman–Crippen LogP) is 4.99. The van der Waals surface area contributed by atoms with E-state index in [1.165, 1.54) is 5.56 Å². The number of hydrogen-bond donors (Lipinski definition) is 1. The molecule has 0 saturated heterocycles. The molecule has 0 bridgehead atoms. The molecule has 2 aromatic carbocycles. The Morgan fingerprint density at radius 3 is 2.22 bits per heavy atom. The number of benzene rings is 2. The minimum absolute atomic E-state index is 0.184. The van der Waals surface area contributed by atoms with Gasteiger partial charge in [0.15, 0.2) is 0 Å². The molecule has 1 aromatic heterocycles. The van der Waals surface area contributed by atoms with Gasteiger partial charge in [0.1, 0.15) is 5.69 Å². The molecule has 1 heterocycles. The van der Waals surface area contributed by atoms with Gasteiger partial charge in [-0.25, -0.2) is 4.68 Å². The zero-order chi connectivity index (χ0) is 16.6. The number of hydrogen-bond acceptors (Lipinski definition) is 2. The fraction of sp³-hybridized carbons (Fsp3) is 0.250. The summed E-state index contributed by atoms with van der Waals surface area (Å²) >= 11 is 0. The largest absolute Gasteiger partial charge is 0.493 e. The highest BCUT2D eigenvalue weighted by Gasteiger charge is 2.22. The third kappa shape index (κ3) is 2.74. The zero-order valence-corrected chi connectivity index (χ0v) is 14.0. The Morgan fingerprint density at radius 1 is 0.957 bits per heavy atom. The Bertz CT molecular complexity index is 829. The maximum absolute atomic E-state index is 10.8. The Labute approximate surface area is 137 Å². The first-order valence-electron chi connectivity index (χ1n) is 7.94. The Hall–Kier alpha value is -2.55. The van der Waals surface area contributed by atoms with Crippen molar-refractivity contribution in [2.75, 3.05) is 0 Å². The van der Waals surface area contributed by atoms with Crippen molar-refractivity contribution in [3.63, 3.8) is 0 Å². The summed E-state index contributed by atoms with van der Waals surface area (Å²) in [5.41, 5.74) is 6.02. The highest BCUT2D eigenvalue weighted by atomic mass is 16.3. The zero-order valence-electron chi connectivity index (χ0n) is 14.0. The lowest BCUT2D eigenvalue weighted by molar-refractivity contribution is 0.425. The van der Waals surface area contributed by atoms with E-state index >= 15 is 0 Å². The summed E-state index contributed by atoms with van der Waals surface area (Å²) in [6, 6.07) is 16.2. The van der Waals surface area contributed by atoms with Gasteiger partial charge in [0.2, 0.25) is 5.88 Å². The van der Waals surface area contributed by atoms with Crippen LogP contribution in [0.1, 0.15) is 36.5 Å². The molecule has 3 heteroatoms. The standard InChI is InChI=1S/C20H22N2O/c1-13(2)18-19(17-8-6-5-7-15(17)4)21-22(20(18)23)16-11-9-14(3)10-12-16/h5-13,23H,1-4H3. The van der Waals surface area contributed by atoms with Gasteiger partial charge in [0.05, 0.1) is 5.69 Å². The van der Waals surface area contributed by atoms with Crippen molar-refractivity contribution < 1.29 is 5.11 Å². The van der Waals surface area contributed by atoms with Gasteiger partial charge >= 0.3 is 0 Å². The van der Waals surface area contributed by atoms with E-state index in [2.05, 4.69) is 32.9 Å². The van der Waals surface area contributed by atoms with Crippen LogP contribution in [0.15, 0.2) is 48.5 Å². The van der Waals surface area contributed by atoms with Crippen LogP contribution < -0.4 is 0 Å². The fourth-order valence-electron chi connectivity index (χ4n) is 2.86. The maximum Gasteiger partial charge on any atom is 0.218 e. The van der Waals surface area contributed by atoms with Crippen LogP contribution in [0.4, 0.5) is 0 Å². The van der Waals surface area contributed by atoms with Gasteiger partial charge in [-0.2, -0.15) is 5.10 Å². The molecular formula is C20H22N2O. The van der Waals surface area contributed by atoms with E-state index in [-0.39, 0.29) is 11.8 Å². The average Bonchev–Trinajstić information content (AvgIpc) is 2.86. The Kier molecular flexibility index (Phi) is 3.95. The van der Waals surface area contributed by atoms with Gasteiger partial charge in [0.25, 0.3) is 0 Å². The molecule has 3 nitrogen and oxygen atoms in total. The summed E-state index contributed by atoms with van der Waals surface area (Å²) in [7, 11) is 0. The van der Waals surface area contributed by atoms with E-state index in [1.54, 1.807) is 4.68 Å². The van der Waals surface area contributed by atoms with Crippen LogP contribution in [0.25, 0.3) is 16.9 Å². The van der Waals surface area contributed by atoms with Crippen LogP contribution >= 0.6 is 0 Å². The molecule has 0 aliphatic rings. The molecule has 118 valence electrons. The maximum atomic E-state index is 10.8. The second-order valence-corrected chi connectivity index (χ2v) is 6.30. The molecule has 0 fully saturated rings. The van der Waals surface area contributed by atoms with E-state index < -0.39 is 0 Å². The van der Waals surface area contributed by atoms with Crippen molar-refractivity contribution in [3.8, 4) is 22.8 Å². The SMILES string of the molecule is Cc1ccc(-n2nc(-c3ccccc3C)c(C(C)C)c2O)cc1. The van der Waals surface area contributed by atoms with E-state index in [4.69, 9.17) is 5.10 Å². The summed E-state index contributed by atoms with van der Waals surface area (Å²) in [6.07, 6.45) is 0. The van der Waals surface area contributed by atoms with E-state index in [0.29, 0.717) is 0 Å². The van der Waals surface area contributed by atoms with Crippen molar-refractivity contribution in [2.45, 2.75) is 33.6 Å². The quantitative estimate of drug-likeness (QED) is 0.740. The summed E-state index contributed by atoms with van der Waals surface area (Å²) in [5, 5.41) is 15.5. The molecule has 0 saturated carbocycles. The first kappa shape index (κ1) is 15.3. The second-order valence-electron chi connectivity index (χ2n) is 6.30. The Balaban J connectivity index is 2.23. The lowest BCUT2D eigenvalue weighted by Crippen LogP contribution is -1.96. The smallest absolute Gasteiger partial charge is 0.218 e. The van der Waals surface area contributed by atoms with E-state index in [0.717, 1.165) is 28.1 Å². The van der Waals surface area contributed by atoms with Gasteiger partial charge in [-0.05, 0) is 37.5 Å². The molecule has 1 N–H and O–H groups in total. The van der Waals surface area contributed by atoms with Crippen LogP contribution in [-0.2, 0) is 0 Å². The number of aryl methyl sites for hydroxylation is 2. The van der Waals surface area contributed by atoms with Gasteiger partial charge in [-0.15, -0.1) is 0 Å². The van der Waals surface area contributed by atoms with Crippen molar-refractivity contribution in [1.82, 2.24) is 9.78 Å². The molecule has 0 aliphatic carbocycles.